The van der Waals surface area contributed by atoms with Gasteiger partial charge in [-0.1, -0.05) is 19.3 Å². The number of imidazole rings is 1. The van der Waals surface area contributed by atoms with Crippen molar-refractivity contribution >= 4 is 0 Å². The van der Waals surface area contributed by atoms with E-state index in [0.717, 1.165) is 25.2 Å². The minimum atomic E-state index is -0.497. The topological polar surface area (TPSA) is 41.3 Å². The van der Waals surface area contributed by atoms with Gasteiger partial charge in [-0.05, 0) is 33.9 Å². The Kier molecular flexibility index (Phi) is 4.07. The van der Waals surface area contributed by atoms with E-state index in [-0.39, 0.29) is 5.54 Å². The Labute approximate surface area is 110 Å². The largest absolute Gasteiger partial charge is 0.383 e. The van der Waals surface area contributed by atoms with Gasteiger partial charge in [-0.15, -0.1) is 0 Å². The number of aliphatic hydroxyl groups excluding tert-OH is 1. The Bertz CT molecular complexity index is 380. The molecule has 1 heterocycles. The Morgan fingerprint density at radius 1 is 1.39 bits per heavy atom. The summed E-state index contributed by atoms with van der Waals surface area (Å²) in [6.45, 7) is 2.94. The molecular formula is C14H25N3O. The molecule has 1 aromatic rings. The summed E-state index contributed by atoms with van der Waals surface area (Å²) in [6.07, 6.45) is 9.02. The van der Waals surface area contributed by atoms with Crippen molar-refractivity contribution in [1.82, 2.24) is 14.5 Å². The predicted molar refractivity (Wildman–Crippen MR) is 72.4 cm³/mol. The number of hydrogen-bond acceptors (Lipinski definition) is 3. The summed E-state index contributed by atoms with van der Waals surface area (Å²) in [4.78, 5) is 6.58. The minimum absolute atomic E-state index is 0.142. The predicted octanol–water partition coefficient (Wildman–Crippen LogP) is 2.20. The molecule has 1 N–H and O–H groups in total. The first-order valence-corrected chi connectivity index (χ1v) is 6.98. The molecular weight excluding hydrogens is 226 g/mol. The summed E-state index contributed by atoms with van der Waals surface area (Å²) in [5.74, 6) is 0.813. The van der Waals surface area contributed by atoms with E-state index in [1.54, 1.807) is 6.20 Å². The van der Waals surface area contributed by atoms with Crippen molar-refractivity contribution in [3.05, 3.63) is 18.2 Å². The van der Waals surface area contributed by atoms with Crippen molar-refractivity contribution in [1.29, 1.82) is 0 Å². The van der Waals surface area contributed by atoms with Crippen molar-refractivity contribution in [2.45, 2.75) is 57.2 Å². The smallest absolute Gasteiger partial charge is 0.139 e. The second-order valence-electron chi connectivity index (χ2n) is 5.53. The molecule has 1 fully saturated rings. The third-order valence-electron chi connectivity index (χ3n) is 4.45. The van der Waals surface area contributed by atoms with Gasteiger partial charge in [0.2, 0.25) is 0 Å². The average molecular weight is 251 g/mol. The highest BCUT2D eigenvalue weighted by Crippen LogP contribution is 2.41. The van der Waals surface area contributed by atoms with E-state index in [0.29, 0.717) is 0 Å². The van der Waals surface area contributed by atoms with Gasteiger partial charge in [0.1, 0.15) is 11.9 Å². The number of aromatic nitrogens is 2. The lowest BCUT2D eigenvalue weighted by Gasteiger charge is -2.46. The van der Waals surface area contributed by atoms with Crippen LogP contribution in [0.2, 0.25) is 0 Å². The number of rotatable bonds is 4. The third-order valence-corrected chi connectivity index (χ3v) is 4.45. The van der Waals surface area contributed by atoms with E-state index in [1.165, 1.54) is 19.3 Å². The Morgan fingerprint density at radius 2 is 2.06 bits per heavy atom. The summed E-state index contributed by atoms with van der Waals surface area (Å²) in [7, 11) is 4.15. The molecule has 0 saturated heterocycles. The minimum Gasteiger partial charge on any atom is -0.383 e. The Hall–Kier alpha value is -0.870. The zero-order valence-corrected chi connectivity index (χ0v) is 11.8. The number of aliphatic hydroxyl groups is 1. The molecule has 4 heteroatoms. The molecule has 0 bridgehead atoms. The van der Waals surface area contributed by atoms with Crippen LogP contribution in [0.15, 0.2) is 12.4 Å². The molecule has 1 saturated carbocycles. The van der Waals surface area contributed by atoms with E-state index in [9.17, 15) is 5.11 Å². The third kappa shape index (κ3) is 2.19. The Balaban J connectivity index is 2.31. The molecule has 0 radical (unpaired) electrons. The molecule has 0 aromatic carbocycles. The second-order valence-corrected chi connectivity index (χ2v) is 5.53. The highest BCUT2D eigenvalue weighted by Gasteiger charge is 2.43. The normalized spacial score (nSPS) is 21.2. The molecule has 4 nitrogen and oxygen atoms in total. The average Bonchev–Trinajstić information content (AvgIpc) is 2.86. The highest BCUT2D eigenvalue weighted by atomic mass is 16.3. The maximum absolute atomic E-state index is 10.8. The summed E-state index contributed by atoms with van der Waals surface area (Å²) >= 11 is 0. The monoisotopic (exact) mass is 251 g/mol. The molecule has 0 aliphatic heterocycles. The fourth-order valence-corrected chi connectivity index (χ4v) is 3.21. The first-order chi connectivity index (χ1) is 8.62. The molecule has 1 atom stereocenters. The fourth-order valence-electron chi connectivity index (χ4n) is 3.21. The number of aryl methyl sites for hydroxylation is 1. The molecule has 1 aliphatic rings. The van der Waals surface area contributed by atoms with Gasteiger partial charge in [-0.2, -0.15) is 0 Å². The molecule has 0 amide bonds. The maximum atomic E-state index is 10.8. The van der Waals surface area contributed by atoms with Crippen LogP contribution in [0.1, 0.15) is 51.0 Å². The molecule has 2 rings (SSSR count). The highest BCUT2D eigenvalue weighted by molar-refractivity contribution is 5.08. The lowest BCUT2D eigenvalue weighted by Crippen LogP contribution is -2.51. The van der Waals surface area contributed by atoms with Crippen molar-refractivity contribution in [2.75, 3.05) is 14.1 Å². The SMILES string of the molecule is CCn1ccnc1C(O)C1(N(C)C)CCCCC1. The lowest BCUT2D eigenvalue weighted by atomic mass is 9.76. The van der Waals surface area contributed by atoms with Gasteiger partial charge < -0.3 is 14.6 Å². The van der Waals surface area contributed by atoms with Crippen LogP contribution in [-0.4, -0.2) is 39.2 Å². The van der Waals surface area contributed by atoms with Crippen LogP contribution in [-0.2, 0) is 6.54 Å². The van der Waals surface area contributed by atoms with Gasteiger partial charge in [0.25, 0.3) is 0 Å². The molecule has 102 valence electrons. The Morgan fingerprint density at radius 3 is 2.61 bits per heavy atom. The molecule has 1 unspecified atom stereocenters. The first kappa shape index (κ1) is 13.6. The van der Waals surface area contributed by atoms with Gasteiger partial charge in [0.05, 0.1) is 5.54 Å². The zero-order valence-electron chi connectivity index (χ0n) is 11.8. The molecule has 0 spiro atoms. The second kappa shape index (κ2) is 5.41. The van der Waals surface area contributed by atoms with E-state index < -0.39 is 6.10 Å². The fraction of sp³-hybridized carbons (Fsp3) is 0.786. The van der Waals surface area contributed by atoms with Crippen LogP contribution in [0.5, 0.6) is 0 Å². The molecule has 1 aliphatic carbocycles. The van der Waals surface area contributed by atoms with Gasteiger partial charge in [0, 0.05) is 18.9 Å². The van der Waals surface area contributed by atoms with Crippen LogP contribution < -0.4 is 0 Å². The van der Waals surface area contributed by atoms with Crippen molar-refractivity contribution in [3.8, 4) is 0 Å². The first-order valence-electron chi connectivity index (χ1n) is 6.98. The van der Waals surface area contributed by atoms with Crippen LogP contribution in [0.4, 0.5) is 0 Å². The van der Waals surface area contributed by atoms with Crippen molar-refractivity contribution in [2.24, 2.45) is 0 Å². The number of nitrogens with zero attached hydrogens (tertiary/aromatic N) is 3. The summed E-state index contributed by atoms with van der Waals surface area (Å²) < 4.78 is 2.05. The van der Waals surface area contributed by atoms with Crippen LogP contribution in [0.3, 0.4) is 0 Å². The van der Waals surface area contributed by atoms with Gasteiger partial charge >= 0.3 is 0 Å². The quantitative estimate of drug-likeness (QED) is 0.892. The summed E-state index contributed by atoms with van der Waals surface area (Å²) in [6, 6.07) is 0. The van der Waals surface area contributed by atoms with E-state index in [2.05, 4.69) is 30.9 Å². The zero-order chi connectivity index (χ0) is 13.2. The van der Waals surface area contributed by atoms with Crippen LogP contribution in [0, 0.1) is 0 Å². The van der Waals surface area contributed by atoms with E-state index in [1.807, 2.05) is 10.8 Å². The molecule has 1 aromatic heterocycles. The van der Waals surface area contributed by atoms with Crippen LogP contribution >= 0.6 is 0 Å². The van der Waals surface area contributed by atoms with Gasteiger partial charge in [-0.3, -0.25) is 0 Å². The molecule has 18 heavy (non-hydrogen) atoms. The van der Waals surface area contributed by atoms with E-state index >= 15 is 0 Å². The number of likely N-dealkylation sites (N-methyl/N-ethyl adjacent to an activating group) is 1. The van der Waals surface area contributed by atoms with Gasteiger partial charge in [-0.25, -0.2) is 4.98 Å². The van der Waals surface area contributed by atoms with Gasteiger partial charge in [0.15, 0.2) is 0 Å². The van der Waals surface area contributed by atoms with Crippen molar-refractivity contribution < 1.29 is 5.11 Å². The van der Waals surface area contributed by atoms with Crippen molar-refractivity contribution in [3.63, 3.8) is 0 Å². The van der Waals surface area contributed by atoms with Crippen LogP contribution in [0.25, 0.3) is 0 Å². The number of hydrogen-bond donors (Lipinski definition) is 1. The standard InChI is InChI=1S/C14H25N3O/c1-4-17-11-10-15-13(17)12(18)14(16(2)3)8-6-5-7-9-14/h10-12,18H,4-9H2,1-3H3. The summed E-state index contributed by atoms with van der Waals surface area (Å²) in [5, 5.41) is 10.8. The maximum Gasteiger partial charge on any atom is 0.139 e. The van der Waals surface area contributed by atoms with E-state index in [4.69, 9.17) is 0 Å². The summed E-state index contributed by atoms with van der Waals surface area (Å²) in [5.41, 5.74) is -0.142. The lowest BCUT2D eigenvalue weighted by molar-refractivity contribution is -0.0396.